The van der Waals surface area contributed by atoms with Crippen molar-refractivity contribution in [3.8, 4) is 11.3 Å². The molecule has 0 N–H and O–H groups in total. The summed E-state index contributed by atoms with van der Waals surface area (Å²) in [6.07, 6.45) is 1.77. The van der Waals surface area contributed by atoms with E-state index in [9.17, 15) is 0 Å². The van der Waals surface area contributed by atoms with Gasteiger partial charge < -0.3 is 0 Å². The van der Waals surface area contributed by atoms with E-state index in [1.54, 1.807) is 18.3 Å². The summed E-state index contributed by atoms with van der Waals surface area (Å²) in [5.74, 6) is 0. The first-order chi connectivity index (χ1) is 10.3. The Hall–Kier alpha value is -2.15. The fourth-order valence-corrected chi connectivity index (χ4v) is 2.45. The molecule has 0 unspecified atom stereocenters. The minimum atomic E-state index is -2.11. The van der Waals surface area contributed by atoms with Crippen molar-refractivity contribution in [1.82, 2.24) is 4.98 Å². The summed E-state index contributed by atoms with van der Waals surface area (Å²) in [4.78, 5) is 4.49. The second-order valence-electron chi connectivity index (χ2n) is 4.97. The SMILES string of the molecule is [2H]C([2H])([2H])c1cc(C)cc(-c2nccc3cc(C)ccc23)c1. The van der Waals surface area contributed by atoms with E-state index in [1.165, 1.54) is 5.56 Å². The fourth-order valence-electron chi connectivity index (χ4n) is 2.45. The molecule has 0 amide bonds. The monoisotopic (exact) mass is 250 g/mol. The summed E-state index contributed by atoms with van der Waals surface area (Å²) in [5, 5.41) is 2.15. The maximum absolute atomic E-state index is 7.63. The minimum Gasteiger partial charge on any atom is -0.256 e. The molecular formula is C18H17N. The number of pyridine rings is 1. The van der Waals surface area contributed by atoms with Gasteiger partial charge in [-0.05, 0) is 44.3 Å². The Morgan fingerprint density at radius 2 is 1.74 bits per heavy atom. The van der Waals surface area contributed by atoms with Gasteiger partial charge in [0.1, 0.15) is 0 Å². The molecule has 3 aromatic rings. The summed E-state index contributed by atoms with van der Waals surface area (Å²) in [6, 6.07) is 13.6. The van der Waals surface area contributed by atoms with Crippen LogP contribution < -0.4 is 0 Å². The first-order valence-corrected chi connectivity index (χ1v) is 6.32. The van der Waals surface area contributed by atoms with Crippen molar-refractivity contribution in [2.24, 2.45) is 0 Å². The minimum absolute atomic E-state index is 0.355. The lowest BCUT2D eigenvalue weighted by atomic mass is 9.99. The third-order valence-electron chi connectivity index (χ3n) is 3.27. The summed E-state index contributed by atoms with van der Waals surface area (Å²) >= 11 is 0. The molecule has 1 nitrogen and oxygen atoms in total. The predicted octanol–water partition coefficient (Wildman–Crippen LogP) is 4.83. The molecule has 0 bridgehead atoms. The highest BCUT2D eigenvalue weighted by molar-refractivity contribution is 5.94. The summed E-state index contributed by atoms with van der Waals surface area (Å²) < 4.78 is 22.9. The maximum atomic E-state index is 7.63. The molecule has 1 heterocycles. The number of hydrogen-bond donors (Lipinski definition) is 0. The molecule has 1 heteroatoms. The predicted molar refractivity (Wildman–Crippen MR) is 81.4 cm³/mol. The maximum Gasteiger partial charge on any atom is 0.0780 e. The Balaban J connectivity index is 2.26. The number of aromatic nitrogens is 1. The van der Waals surface area contributed by atoms with Gasteiger partial charge in [0.2, 0.25) is 0 Å². The van der Waals surface area contributed by atoms with Crippen LogP contribution in [0.2, 0.25) is 0 Å². The quantitative estimate of drug-likeness (QED) is 0.603. The van der Waals surface area contributed by atoms with E-state index in [0.29, 0.717) is 5.56 Å². The molecule has 0 spiro atoms. The summed E-state index contributed by atoms with van der Waals surface area (Å²) in [5.41, 5.74) is 4.15. The zero-order valence-corrected chi connectivity index (χ0v) is 11.1. The van der Waals surface area contributed by atoms with E-state index in [0.717, 1.165) is 27.6 Å². The number of nitrogens with zero attached hydrogens (tertiary/aromatic N) is 1. The van der Waals surface area contributed by atoms with Crippen molar-refractivity contribution in [3.63, 3.8) is 0 Å². The number of hydrogen-bond acceptors (Lipinski definition) is 1. The summed E-state index contributed by atoms with van der Waals surface area (Å²) in [6.45, 7) is 1.86. The normalized spacial score (nSPS) is 13.9. The molecule has 2 aromatic carbocycles. The molecule has 0 radical (unpaired) electrons. The van der Waals surface area contributed by atoms with Crippen molar-refractivity contribution < 1.29 is 4.11 Å². The van der Waals surface area contributed by atoms with E-state index < -0.39 is 6.85 Å². The molecule has 1 aromatic heterocycles. The second kappa shape index (κ2) is 4.51. The van der Waals surface area contributed by atoms with Gasteiger partial charge in [0.15, 0.2) is 0 Å². The Morgan fingerprint density at radius 1 is 0.895 bits per heavy atom. The Morgan fingerprint density at radius 3 is 2.58 bits per heavy atom. The third-order valence-corrected chi connectivity index (χ3v) is 3.27. The van der Waals surface area contributed by atoms with Gasteiger partial charge in [0.25, 0.3) is 0 Å². The van der Waals surface area contributed by atoms with Crippen LogP contribution in [0.1, 0.15) is 20.8 Å². The van der Waals surface area contributed by atoms with E-state index in [2.05, 4.69) is 18.0 Å². The molecule has 94 valence electrons. The van der Waals surface area contributed by atoms with Gasteiger partial charge in [0.05, 0.1) is 5.69 Å². The smallest absolute Gasteiger partial charge is 0.0780 e. The van der Waals surface area contributed by atoms with Crippen LogP contribution in [0.25, 0.3) is 22.0 Å². The van der Waals surface area contributed by atoms with Crippen LogP contribution in [0.4, 0.5) is 0 Å². The third kappa shape index (κ3) is 2.24. The lowest BCUT2D eigenvalue weighted by Crippen LogP contribution is -1.88. The highest BCUT2D eigenvalue weighted by Crippen LogP contribution is 2.28. The standard InChI is InChI=1S/C18H17N/c1-12-4-5-17-15(9-12)6-7-19-18(17)16-10-13(2)8-14(3)11-16/h4-11H,1-3H3/i2D3. The molecule has 0 saturated heterocycles. The Kier molecular flexibility index (Phi) is 2.10. The zero-order valence-electron chi connectivity index (χ0n) is 14.1. The van der Waals surface area contributed by atoms with Gasteiger partial charge in [-0.1, -0.05) is 41.0 Å². The van der Waals surface area contributed by atoms with Crippen molar-refractivity contribution in [1.29, 1.82) is 0 Å². The number of rotatable bonds is 1. The molecule has 0 saturated carbocycles. The van der Waals surface area contributed by atoms with Crippen LogP contribution in [0.3, 0.4) is 0 Å². The topological polar surface area (TPSA) is 12.9 Å². The average Bonchev–Trinajstić information content (AvgIpc) is 2.44. The van der Waals surface area contributed by atoms with E-state index >= 15 is 0 Å². The van der Waals surface area contributed by atoms with Crippen LogP contribution in [-0.2, 0) is 0 Å². The molecule has 19 heavy (non-hydrogen) atoms. The number of benzene rings is 2. The average molecular weight is 250 g/mol. The molecular weight excluding hydrogens is 230 g/mol. The van der Waals surface area contributed by atoms with Crippen molar-refractivity contribution in [3.05, 3.63) is 65.4 Å². The van der Waals surface area contributed by atoms with E-state index in [4.69, 9.17) is 4.11 Å². The van der Waals surface area contributed by atoms with Crippen molar-refractivity contribution >= 4 is 10.8 Å². The highest BCUT2D eigenvalue weighted by Gasteiger charge is 2.06. The Labute approximate surface area is 118 Å². The van der Waals surface area contributed by atoms with Crippen molar-refractivity contribution in [2.75, 3.05) is 0 Å². The van der Waals surface area contributed by atoms with E-state index in [-0.39, 0.29) is 0 Å². The van der Waals surface area contributed by atoms with Gasteiger partial charge >= 0.3 is 0 Å². The van der Waals surface area contributed by atoms with Crippen LogP contribution in [0.5, 0.6) is 0 Å². The zero-order chi connectivity index (χ0) is 15.9. The first kappa shape index (κ1) is 8.87. The number of aryl methyl sites for hydroxylation is 3. The van der Waals surface area contributed by atoms with Crippen LogP contribution in [-0.4, -0.2) is 4.98 Å². The largest absolute Gasteiger partial charge is 0.256 e. The summed E-state index contributed by atoms with van der Waals surface area (Å²) in [7, 11) is 0. The van der Waals surface area contributed by atoms with Crippen molar-refractivity contribution in [2.45, 2.75) is 20.7 Å². The highest BCUT2D eigenvalue weighted by atomic mass is 14.7. The second-order valence-corrected chi connectivity index (χ2v) is 4.97. The lowest BCUT2D eigenvalue weighted by Gasteiger charge is -2.08. The van der Waals surface area contributed by atoms with Gasteiger partial charge in [0, 0.05) is 21.3 Å². The lowest BCUT2D eigenvalue weighted by molar-refractivity contribution is 1.32. The van der Waals surface area contributed by atoms with Gasteiger partial charge in [-0.25, -0.2) is 0 Å². The van der Waals surface area contributed by atoms with Crippen LogP contribution in [0.15, 0.2) is 48.7 Å². The number of fused-ring (bicyclic) bond motifs is 1. The van der Waals surface area contributed by atoms with Gasteiger partial charge in [-0.3, -0.25) is 4.98 Å². The molecule has 0 aliphatic heterocycles. The van der Waals surface area contributed by atoms with Crippen LogP contribution >= 0.6 is 0 Å². The first-order valence-electron chi connectivity index (χ1n) is 7.82. The van der Waals surface area contributed by atoms with E-state index in [1.807, 2.05) is 31.2 Å². The molecule has 0 aliphatic carbocycles. The fraction of sp³-hybridized carbons (Fsp3) is 0.167. The Bertz CT molecular complexity index is 851. The molecule has 0 aliphatic rings. The molecule has 0 atom stereocenters. The molecule has 3 rings (SSSR count). The molecule has 0 fully saturated rings. The van der Waals surface area contributed by atoms with Gasteiger partial charge in [-0.15, -0.1) is 0 Å². The van der Waals surface area contributed by atoms with Gasteiger partial charge in [-0.2, -0.15) is 0 Å². The van der Waals surface area contributed by atoms with Crippen LogP contribution in [0, 0.1) is 20.7 Å².